The smallest absolute Gasteiger partial charge is 0.263 e. The van der Waals surface area contributed by atoms with Gasteiger partial charge in [-0.15, -0.1) is 0 Å². The molecule has 1 aromatic carbocycles. The molecular weight excluding hydrogens is 256 g/mol. The van der Waals surface area contributed by atoms with Crippen molar-refractivity contribution in [3.05, 3.63) is 48.5 Å². The number of carbonyl (C=O) groups is 1. The molecule has 1 unspecified atom stereocenters. The minimum atomic E-state index is -0.535. The van der Waals surface area contributed by atoms with Gasteiger partial charge in [0, 0.05) is 6.20 Å². The van der Waals surface area contributed by atoms with Crippen molar-refractivity contribution in [1.29, 1.82) is 0 Å². The van der Waals surface area contributed by atoms with Gasteiger partial charge in [0.1, 0.15) is 12.1 Å². The molecule has 20 heavy (non-hydrogen) atoms. The highest BCUT2D eigenvalue weighted by Crippen LogP contribution is 2.28. The van der Waals surface area contributed by atoms with Crippen LogP contribution in [0.1, 0.15) is 5.69 Å². The van der Waals surface area contributed by atoms with E-state index in [-0.39, 0.29) is 5.91 Å². The third kappa shape index (κ3) is 2.69. The zero-order valence-electron chi connectivity index (χ0n) is 10.7. The molecule has 0 radical (unpaired) electrons. The first-order chi connectivity index (χ1) is 9.83. The van der Waals surface area contributed by atoms with Crippen LogP contribution in [-0.4, -0.2) is 28.5 Å². The molecular formula is C14H14N4O2. The molecule has 102 valence electrons. The third-order valence-electron chi connectivity index (χ3n) is 3.01. The van der Waals surface area contributed by atoms with Gasteiger partial charge in [0.25, 0.3) is 5.91 Å². The van der Waals surface area contributed by atoms with E-state index < -0.39 is 6.10 Å². The number of rotatable bonds is 3. The molecule has 1 aliphatic rings. The summed E-state index contributed by atoms with van der Waals surface area (Å²) in [5, 5.41) is 5.99. The van der Waals surface area contributed by atoms with Crippen molar-refractivity contribution in [2.24, 2.45) is 0 Å². The Bertz CT molecular complexity index is 603. The second-order valence-corrected chi connectivity index (χ2v) is 4.40. The summed E-state index contributed by atoms with van der Waals surface area (Å²) in [5.41, 5.74) is 1.67. The Hall–Kier alpha value is -2.63. The first-order valence-electron chi connectivity index (χ1n) is 6.35. The summed E-state index contributed by atoms with van der Waals surface area (Å²) >= 11 is 0. The van der Waals surface area contributed by atoms with E-state index in [1.807, 2.05) is 24.3 Å². The SMILES string of the molecule is O=C(NCc1ccncn1)C1CNc2ccccc2O1. The van der Waals surface area contributed by atoms with E-state index in [0.29, 0.717) is 18.8 Å². The zero-order valence-corrected chi connectivity index (χ0v) is 10.7. The summed E-state index contributed by atoms with van der Waals surface area (Å²) in [6, 6.07) is 9.32. The number of fused-ring (bicyclic) bond motifs is 1. The molecule has 2 heterocycles. The lowest BCUT2D eigenvalue weighted by Gasteiger charge is -2.26. The molecule has 0 fully saturated rings. The van der Waals surface area contributed by atoms with Crippen LogP contribution in [0.4, 0.5) is 5.69 Å². The number of para-hydroxylation sites is 2. The molecule has 1 aliphatic heterocycles. The van der Waals surface area contributed by atoms with Gasteiger partial charge in [-0.3, -0.25) is 4.79 Å². The maximum Gasteiger partial charge on any atom is 0.263 e. The van der Waals surface area contributed by atoms with Crippen molar-refractivity contribution in [2.45, 2.75) is 12.6 Å². The number of hydrogen-bond donors (Lipinski definition) is 2. The maximum atomic E-state index is 12.1. The first kappa shape index (κ1) is 12.4. The lowest BCUT2D eigenvalue weighted by atomic mass is 10.2. The van der Waals surface area contributed by atoms with Crippen LogP contribution in [0.2, 0.25) is 0 Å². The van der Waals surface area contributed by atoms with Crippen molar-refractivity contribution in [1.82, 2.24) is 15.3 Å². The van der Waals surface area contributed by atoms with Gasteiger partial charge >= 0.3 is 0 Å². The van der Waals surface area contributed by atoms with E-state index in [1.54, 1.807) is 12.3 Å². The standard InChI is InChI=1S/C14H14N4O2/c19-14(17-7-10-5-6-15-9-18-10)13-8-16-11-3-1-2-4-12(11)20-13/h1-6,9,13,16H,7-8H2,(H,17,19). The van der Waals surface area contributed by atoms with Crippen molar-refractivity contribution >= 4 is 11.6 Å². The van der Waals surface area contributed by atoms with Crippen molar-refractivity contribution in [3.8, 4) is 5.75 Å². The number of nitrogens with one attached hydrogen (secondary N) is 2. The van der Waals surface area contributed by atoms with Crippen LogP contribution in [0.5, 0.6) is 5.75 Å². The number of anilines is 1. The molecule has 2 N–H and O–H groups in total. The minimum Gasteiger partial charge on any atom is -0.477 e. The van der Waals surface area contributed by atoms with Gasteiger partial charge in [-0.1, -0.05) is 12.1 Å². The van der Waals surface area contributed by atoms with Gasteiger partial charge in [0.2, 0.25) is 0 Å². The van der Waals surface area contributed by atoms with E-state index in [2.05, 4.69) is 20.6 Å². The highest BCUT2D eigenvalue weighted by atomic mass is 16.5. The summed E-state index contributed by atoms with van der Waals surface area (Å²) < 4.78 is 5.67. The van der Waals surface area contributed by atoms with Gasteiger partial charge in [-0.2, -0.15) is 0 Å². The summed E-state index contributed by atoms with van der Waals surface area (Å²) in [6.07, 6.45) is 2.56. The fourth-order valence-electron chi connectivity index (χ4n) is 1.97. The zero-order chi connectivity index (χ0) is 13.8. The van der Waals surface area contributed by atoms with Crippen LogP contribution < -0.4 is 15.4 Å². The third-order valence-corrected chi connectivity index (χ3v) is 3.01. The molecule has 0 saturated carbocycles. The fraction of sp³-hybridized carbons (Fsp3) is 0.214. The second kappa shape index (κ2) is 5.56. The van der Waals surface area contributed by atoms with Crippen molar-refractivity contribution in [3.63, 3.8) is 0 Å². The molecule has 3 rings (SSSR count). The van der Waals surface area contributed by atoms with E-state index in [1.165, 1.54) is 6.33 Å². The highest BCUT2D eigenvalue weighted by molar-refractivity contribution is 5.83. The number of hydrogen-bond acceptors (Lipinski definition) is 5. The Morgan fingerprint density at radius 3 is 3.15 bits per heavy atom. The Morgan fingerprint density at radius 1 is 1.40 bits per heavy atom. The molecule has 1 aromatic heterocycles. The Labute approximate surface area is 116 Å². The van der Waals surface area contributed by atoms with Gasteiger partial charge < -0.3 is 15.4 Å². The molecule has 1 amide bonds. The predicted molar refractivity (Wildman–Crippen MR) is 73.2 cm³/mol. The molecule has 0 bridgehead atoms. The monoisotopic (exact) mass is 270 g/mol. The van der Waals surface area contributed by atoms with Crippen molar-refractivity contribution < 1.29 is 9.53 Å². The molecule has 0 aliphatic carbocycles. The molecule has 6 heteroatoms. The Morgan fingerprint density at radius 2 is 2.30 bits per heavy atom. The number of amides is 1. The van der Waals surface area contributed by atoms with Crippen LogP contribution in [-0.2, 0) is 11.3 Å². The van der Waals surface area contributed by atoms with Crippen LogP contribution in [0, 0.1) is 0 Å². The number of benzene rings is 1. The molecule has 1 atom stereocenters. The van der Waals surface area contributed by atoms with Crippen LogP contribution in [0.25, 0.3) is 0 Å². The number of ether oxygens (including phenoxy) is 1. The Balaban J connectivity index is 1.59. The summed E-state index contributed by atoms with van der Waals surface area (Å²) in [7, 11) is 0. The lowest BCUT2D eigenvalue weighted by molar-refractivity contribution is -0.127. The van der Waals surface area contributed by atoms with E-state index >= 15 is 0 Å². The van der Waals surface area contributed by atoms with Gasteiger partial charge in [0.05, 0.1) is 24.5 Å². The van der Waals surface area contributed by atoms with E-state index in [4.69, 9.17) is 4.74 Å². The average molecular weight is 270 g/mol. The van der Waals surface area contributed by atoms with Gasteiger partial charge in [0.15, 0.2) is 6.10 Å². The molecule has 0 spiro atoms. The largest absolute Gasteiger partial charge is 0.477 e. The average Bonchev–Trinajstić information content (AvgIpc) is 2.53. The first-order valence-corrected chi connectivity index (χ1v) is 6.35. The number of nitrogens with zero attached hydrogens (tertiary/aromatic N) is 2. The van der Waals surface area contributed by atoms with Gasteiger partial charge in [-0.05, 0) is 18.2 Å². The number of carbonyl (C=O) groups excluding carboxylic acids is 1. The Kier molecular flexibility index (Phi) is 3.45. The van der Waals surface area contributed by atoms with Crippen LogP contribution in [0.3, 0.4) is 0 Å². The normalized spacial score (nSPS) is 16.5. The summed E-state index contributed by atoms with van der Waals surface area (Å²) in [6.45, 7) is 0.815. The lowest BCUT2D eigenvalue weighted by Crippen LogP contribution is -2.44. The molecule has 6 nitrogen and oxygen atoms in total. The maximum absolute atomic E-state index is 12.1. The minimum absolute atomic E-state index is 0.161. The molecule has 2 aromatic rings. The van der Waals surface area contributed by atoms with E-state index in [0.717, 1.165) is 11.4 Å². The summed E-state index contributed by atoms with van der Waals surface area (Å²) in [5.74, 6) is 0.534. The van der Waals surface area contributed by atoms with Crippen LogP contribution in [0.15, 0.2) is 42.9 Å². The fourth-order valence-corrected chi connectivity index (χ4v) is 1.97. The van der Waals surface area contributed by atoms with E-state index in [9.17, 15) is 4.79 Å². The van der Waals surface area contributed by atoms with Crippen molar-refractivity contribution in [2.75, 3.05) is 11.9 Å². The second-order valence-electron chi connectivity index (χ2n) is 4.40. The topological polar surface area (TPSA) is 76.1 Å². The highest BCUT2D eigenvalue weighted by Gasteiger charge is 2.25. The van der Waals surface area contributed by atoms with Crippen LogP contribution >= 0.6 is 0 Å². The quantitative estimate of drug-likeness (QED) is 0.869. The summed E-state index contributed by atoms with van der Waals surface area (Å²) in [4.78, 5) is 19.9. The number of aromatic nitrogens is 2. The van der Waals surface area contributed by atoms with Gasteiger partial charge in [-0.25, -0.2) is 9.97 Å². The molecule has 0 saturated heterocycles. The predicted octanol–water partition coefficient (Wildman–Crippen LogP) is 0.966.